The van der Waals surface area contributed by atoms with E-state index in [9.17, 15) is 0 Å². The van der Waals surface area contributed by atoms with Crippen molar-refractivity contribution in [1.82, 2.24) is 4.98 Å². The molecule has 0 saturated heterocycles. The third-order valence-electron chi connectivity index (χ3n) is 2.58. The van der Waals surface area contributed by atoms with E-state index in [1.54, 1.807) is 18.0 Å². The first-order chi connectivity index (χ1) is 6.90. The van der Waals surface area contributed by atoms with E-state index in [-0.39, 0.29) is 0 Å². The fourth-order valence-electron chi connectivity index (χ4n) is 1.46. The average Bonchev–Trinajstić information content (AvgIpc) is 2.16. The minimum Gasteiger partial charge on any atom is -0.244 e. The van der Waals surface area contributed by atoms with Crippen molar-refractivity contribution >= 4 is 11.8 Å². The van der Waals surface area contributed by atoms with Crippen LogP contribution in [0.25, 0.3) is 0 Å². The minimum absolute atomic E-state index is 0.567. The summed E-state index contributed by atoms with van der Waals surface area (Å²) < 4.78 is 0. The summed E-state index contributed by atoms with van der Waals surface area (Å²) >= 11 is 1.77. The van der Waals surface area contributed by atoms with Crippen LogP contribution in [-0.2, 0) is 0 Å². The van der Waals surface area contributed by atoms with Gasteiger partial charge in [0.2, 0.25) is 0 Å². The van der Waals surface area contributed by atoms with E-state index in [1.807, 2.05) is 12.1 Å². The average molecular weight is 204 g/mol. The second-order valence-corrected chi connectivity index (χ2v) is 4.63. The molecule has 0 aliphatic heterocycles. The van der Waals surface area contributed by atoms with E-state index in [0.29, 0.717) is 5.69 Å². The predicted octanol–water partition coefficient (Wildman–Crippen LogP) is 2.85. The Hall–Kier alpha value is -1.01. The van der Waals surface area contributed by atoms with Gasteiger partial charge in [-0.05, 0) is 30.9 Å². The zero-order valence-corrected chi connectivity index (χ0v) is 8.76. The van der Waals surface area contributed by atoms with Gasteiger partial charge in [-0.15, -0.1) is 11.8 Å². The smallest absolute Gasteiger partial charge is 0.153 e. The molecular weight excluding hydrogens is 192 g/mol. The van der Waals surface area contributed by atoms with Crippen molar-refractivity contribution in [2.75, 3.05) is 5.75 Å². The van der Waals surface area contributed by atoms with Crippen LogP contribution in [0.4, 0.5) is 0 Å². The van der Waals surface area contributed by atoms with Crippen molar-refractivity contribution in [2.45, 2.75) is 24.2 Å². The highest BCUT2D eigenvalue weighted by Gasteiger charge is 2.17. The van der Waals surface area contributed by atoms with E-state index in [1.165, 1.54) is 19.3 Å². The summed E-state index contributed by atoms with van der Waals surface area (Å²) in [5.74, 6) is 2.01. The number of hydrogen-bond acceptors (Lipinski definition) is 3. The Morgan fingerprint density at radius 2 is 2.43 bits per heavy atom. The molecule has 72 valence electrons. The molecule has 0 aromatic carbocycles. The summed E-state index contributed by atoms with van der Waals surface area (Å²) in [5, 5.41) is 8.83. The molecule has 0 unspecified atom stereocenters. The lowest BCUT2D eigenvalue weighted by Gasteiger charge is -2.24. The van der Waals surface area contributed by atoms with Crippen molar-refractivity contribution in [3.63, 3.8) is 0 Å². The van der Waals surface area contributed by atoms with Crippen LogP contribution < -0.4 is 0 Å². The monoisotopic (exact) mass is 204 g/mol. The molecule has 14 heavy (non-hydrogen) atoms. The van der Waals surface area contributed by atoms with Gasteiger partial charge < -0.3 is 0 Å². The number of nitriles is 1. The number of thioether (sulfide) groups is 1. The van der Waals surface area contributed by atoms with Crippen LogP contribution in [0.15, 0.2) is 23.2 Å². The highest BCUT2D eigenvalue weighted by molar-refractivity contribution is 7.99. The summed E-state index contributed by atoms with van der Waals surface area (Å²) in [6.45, 7) is 0. The highest BCUT2D eigenvalue weighted by Crippen LogP contribution is 2.32. The van der Waals surface area contributed by atoms with Crippen LogP contribution in [0.1, 0.15) is 25.0 Å². The first-order valence-corrected chi connectivity index (χ1v) is 5.86. The number of hydrogen-bond donors (Lipinski definition) is 0. The SMILES string of the molecule is N#Cc1ncccc1SCC1CCC1. The van der Waals surface area contributed by atoms with E-state index < -0.39 is 0 Å². The van der Waals surface area contributed by atoms with Gasteiger partial charge in [0.1, 0.15) is 6.07 Å². The van der Waals surface area contributed by atoms with E-state index in [0.717, 1.165) is 16.6 Å². The summed E-state index contributed by atoms with van der Waals surface area (Å²) in [4.78, 5) is 5.07. The Kier molecular flexibility index (Phi) is 3.05. The summed E-state index contributed by atoms with van der Waals surface area (Å²) in [6.07, 6.45) is 5.76. The van der Waals surface area contributed by atoms with Crippen LogP contribution >= 0.6 is 11.8 Å². The van der Waals surface area contributed by atoms with Gasteiger partial charge in [-0.2, -0.15) is 5.26 Å². The van der Waals surface area contributed by atoms with Crippen LogP contribution in [0.2, 0.25) is 0 Å². The first kappa shape index (κ1) is 9.54. The molecule has 0 N–H and O–H groups in total. The molecule has 1 aromatic rings. The van der Waals surface area contributed by atoms with Gasteiger partial charge in [-0.3, -0.25) is 0 Å². The standard InChI is InChI=1S/C11H12N2S/c12-7-10-11(5-2-6-13-10)14-8-9-3-1-4-9/h2,5-6,9H,1,3-4,8H2. The van der Waals surface area contributed by atoms with E-state index in [4.69, 9.17) is 5.26 Å². The molecule has 1 aliphatic rings. The fourth-order valence-corrected chi connectivity index (χ4v) is 2.62. The van der Waals surface area contributed by atoms with E-state index >= 15 is 0 Å². The maximum atomic E-state index is 8.83. The molecule has 0 radical (unpaired) electrons. The van der Waals surface area contributed by atoms with Crippen molar-refractivity contribution in [3.8, 4) is 6.07 Å². The molecule has 3 heteroatoms. The molecule has 1 saturated carbocycles. The van der Waals surface area contributed by atoms with Crippen LogP contribution in [0.5, 0.6) is 0 Å². The molecule has 0 spiro atoms. The lowest BCUT2D eigenvalue weighted by molar-refractivity contribution is 0.353. The van der Waals surface area contributed by atoms with Gasteiger partial charge in [-0.1, -0.05) is 6.42 Å². The second kappa shape index (κ2) is 4.47. The van der Waals surface area contributed by atoms with Crippen molar-refractivity contribution in [1.29, 1.82) is 5.26 Å². The molecule has 0 atom stereocenters. The molecule has 1 aromatic heterocycles. The lowest BCUT2D eigenvalue weighted by Crippen LogP contribution is -2.13. The number of pyridine rings is 1. The normalized spacial score (nSPS) is 15.9. The van der Waals surface area contributed by atoms with Gasteiger partial charge in [0.25, 0.3) is 0 Å². The third-order valence-corrected chi connectivity index (χ3v) is 3.85. The molecule has 1 aliphatic carbocycles. The molecule has 2 rings (SSSR count). The van der Waals surface area contributed by atoms with Gasteiger partial charge >= 0.3 is 0 Å². The largest absolute Gasteiger partial charge is 0.244 e. The molecule has 2 nitrogen and oxygen atoms in total. The van der Waals surface area contributed by atoms with Crippen molar-refractivity contribution in [3.05, 3.63) is 24.0 Å². The zero-order valence-electron chi connectivity index (χ0n) is 7.94. The summed E-state index contributed by atoms with van der Waals surface area (Å²) in [7, 11) is 0. The molecular formula is C11H12N2S. The fraction of sp³-hybridized carbons (Fsp3) is 0.455. The Bertz CT molecular complexity index is 353. The second-order valence-electron chi connectivity index (χ2n) is 3.57. The zero-order chi connectivity index (χ0) is 9.80. The van der Waals surface area contributed by atoms with Crippen LogP contribution in [0.3, 0.4) is 0 Å². The number of nitrogens with zero attached hydrogens (tertiary/aromatic N) is 2. The summed E-state index contributed by atoms with van der Waals surface area (Å²) in [6, 6.07) is 6.00. The Balaban J connectivity index is 1.97. The Labute approximate surface area is 88.4 Å². The van der Waals surface area contributed by atoms with Crippen molar-refractivity contribution < 1.29 is 0 Å². The molecule has 1 heterocycles. The first-order valence-electron chi connectivity index (χ1n) is 4.88. The minimum atomic E-state index is 0.567. The van der Waals surface area contributed by atoms with Gasteiger partial charge in [0, 0.05) is 16.8 Å². The highest BCUT2D eigenvalue weighted by atomic mass is 32.2. The van der Waals surface area contributed by atoms with Crippen LogP contribution in [0, 0.1) is 17.2 Å². The Morgan fingerprint density at radius 3 is 3.07 bits per heavy atom. The van der Waals surface area contributed by atoms with Crippen LogP contribution in [-0.4, -0.2) is 10.7 Å². The Morgan fingerprint density at radius 1 is 1.57 bits per heavy atom. The molecule has 0 bridgehead atoms. The van der Waals surface area contributed by atoms with Gasteiger partial charge in [0.15, 0.2) is 5.69 Å². The van der Waals surface area contributed by atoms with Gasteiger partial charge in [-0.25, -0.2) is 4.98 Å². The quantitative estimate of drug-likeness (QED) is 0.710. The molecule has 1 fully saturated rings. The van der Waals surface area contributed by atoms with Gasteiger partial charge in [0.05, 0.1) is 0 Å². The maximum absolute atomic E-state index is 8.83. The number of aromatic nitrogens is 1. The summed E-state index contributed by atoms with van der Waals surface area (Å²) in [5.41, 5.74) is 0.567. The third kappa shape index (κ3) is 2.08. The van der Waals surface area contributed by atoms with E-state index in [2.05, 4.69) is 11.1 Å². The molecule has 0 amide bonds. The topological polar surface area (TPSA) is 36.7 Å². The van der Waals surface area contributed by atoms with Crippen molar-refractivity contribution in [2.24, 2.45) is 5.92 Å². The predicted molar refractivity (Wildman–Crippen MR) is 57.0 cm³/mol. The maximum Gasteiger partial charge on any atom is 0.153 e. The lowest BCUT2D eigenvalue weighted by atomic mass is 9.87. The number of rotatable bonds is 3.